The highest BCUT2D eigenvalue weighted by Crippen LogP contribution is 2.26. The number of aromatic nitrogens is 1. The molecule has 100 valence electrons. The van der Waals surface area contributed by atoms with Crippen molar-refractivity contribution in [2.75, 3.05) is 6.61 Å². The van der Waals surface area contributed by atoms with Crippen LogP contribution in [-0.2, 0) is 5.41 Å². The number of nitrogens with zero attached hydrogens (tertiary/aromatic N) is 1. The number of benzene rings is 1. The number of carbonyl (C=O) groups is 1. The lowest BCUT2D eigenvalue weighted by Crippen LogP contribution is -2.21. The molecule has 19 heavy (non-hydrogen) atoms. The SMILES string of the molecule is CC(C)(CO)c1ccc(-c2cc(C(=O)O)on2)cc1. The van der Waals surface area contributed by atoms with E-state index in [0.717, 1.165) is 11.1 Å². The van der Waals surface area contributed by atoms with Gasteiger partial charge in [-0.1, -0.05) is 43.3 Å². The fourth-order valence-corrected chi connectivity index (χ4v) is 1.70. The van der Waals surface area contributed by atoms with Gasteiger partial charge in [-0.25, -0.2) is 4.79 Å². The average molecular weight is 261 g/mol. The van der Waals surface area contributed by atoms with Crippen molar-refractivity contribution >= 4 is 5.97 Å². The molecule has 5 heteroatoms. The molecule has 0 spiro atoms. The Bertz CT molecular complexity index is 584. The zero-order valence-electron chi connectivity index (χ0n) is 10.8. The third kappa shape index (κ3) is 2.66. The number of hydrogen-bond acceptors (Lipinski definition) is 4. The molecule has 0 aliphatic carbocycles. The third-order valence-electron chi connectivity index (χ3n) is 3.08. The van der Waals surface area contributed by atoms with E-state index in [2.05, 4.69) is 5.16 Å². The van der Waals surface area contributed by atoms with Crippen LogP contribution in [0.15, 0.2) is 34.9 Å². The molecule has 2 rings (SSSR count). The first kappa shape index (κ1) is 13.3. The van der Waals surface area contributed by atoms with Crippen molar-refractivity contribution < 1.29 is 19.5 Å². The highest BCUT2D eigenvalue weighted by atomic mass is 16.5. The summed E-state index contributed by atoms with van der Waals surface area (Å²) in [5, 5.41) is 21.8. The van der Waals surface area contributed by atoms with E-state index in [4.69, 9.17) is 9.63 Å². The highest BCUT2D eigenvalue weighted by molar-refractivity contribution is 5.85. The molecule has 0 amide bonds. The number of aliphatic hydroxyl groups is 1. The van der Waals surface area contributed by atoms with Gasteiger partial charge in [0.2, 0.25) is 5.76 Å². The lowest BCUT2D eigenvalue weighted by atomic mass is 9.85. The molecule has 0 saturated heterocycles. The predicted octanol–water partition coefficient (Wildman–Crippen LogP) is 2.31. The van der Waals surface area contributed by atoms with Crippen LogP contribution in [0, 0.1) is 0 Å². The van der Waals surface area contributed by atoms with Crippen LogP contribution < -0.4 is 0 Å². The predicted molar refractivity (Wildman–Crippen MR) is 69.0 cm³/mol. The molecule has 1 aromatic heterocycles. The Morgan fingerprint density at radius 3 is 2.42 bits per heavy atom. The zero-order valence-corrected chi connectivity index (χ0v) is 10.8. The standard InChI is InChI=1S/C14H15NO4/c1-14(2,8-16)10-5-3-9(4-6-10)11-7-12(13(17)18)19-15-11/h3-7,16H,8H2,1-2H3,(H,17,18). The summed E-state index contributed by atoms with van der Waals surface area (Å²) in [6, 6.07) is 8.82. The minimum absolute atomic E-state index is 0.0550. The van der Waals surface area contributed by atoms with Gasteiger partial charge < -0.3 is 14.7 Å². The second-order valence-electron chi connectivity index (χ2n) is 5.00. The molecule has 0 atom stereocenters. The van der Waals surface area contributed by atoms with E-state index in [1.165, 1.54) is 6.07 Å². The smallest absolute Gasteiger partial charge is 0.374 e. The third-order valence-corrected chi connectivity index (χ3v) is 3.08. The number of aromatic carboxylic acids is 1. The Kier molecular flexibility index (Phi) is 3.40. The van der Waals surface area contributed by atoms with Crippen LogP contribution in [0.2, 0.25) is 0 Å². The molecule has 0 unspecified atom stereocenters. The van der Waals surface area contributed by atoms with Gasteiger partial charge in [-0.3, -0.25) is 0 Å². The molecule has 0 fully saturated rings. The van der Waals surface area contributed by atoms with Crippen molar-refractivity contribution in [3.8, 4) is 11.3 Å². The normalized spacial score (nSPS) is 11.5. The number of rotatable bonds is 4. The summed E-state index contributed by atoms with van der Waals surface area (Å²) >= 11 is 0. The fourth-order valence-electron chi connectivity index (χ4n) is 1.70. The van der Waals surface area contributed by atoms with E-state index in [9.17, 15) is 9.90 Å². The topological polar surface area (TPSA) is 83.6 Å². The van der Waals surface area contributed by atoms with Gasteiger partial charge in [0.1, 0.15) is 5.69 Å². The molecular weight excluding hydrogens is 246 g/mol. The van der Waals surface area contributed by atoms with Crippen LogP contribution in [0.1, 0.15) is 30.0 Å². The lowest BCUT2D eigenvalue weighted by Gasteiger charge is -2.22. The highest BCUT2D eigenvalue weighted by Gasteiger charge is 2.19. The lowest BCUT2D eigenvalue weighted by molar-refractivity contribution is 0.0652. The quantitative estimate of drug-likeness (QED) is 0.882. The molecule has 0 radical (unpaired) electrons. The molecule has 1 heterocycles. The molecular formula is C14H15NO4. The number of hydrogen-bond donors (Lipinski definition) is 2. The Morgan fingerprint density at radius 1 is 1.32 bits per heavy atom. The Balaban J connectivity index is 2.29. The molecule has 5 nitrogen and oxygen atoms in total. The van der Waals surface area contributed by atoms with Crippen molar-refractivity contribution in [1.82, 2.24) is 5.16 Å². The zero-order chi connectivity index (χ0) is 14.0. The summed E-state index contributed by atoms with van der Waals surface area (Å²) in [5.41, 5.74) is 1.94. The maximum absolute atomic E-state index is 10.7. The molecule has 0 saturated carbocycles. The van der Waals surface area contributed by atoms with E-state index in [1.807, 2.05) is 38.1 Å². The maximum atomic E-state index is 10.7. The first-order valence-electron chi connectivity index (χ1n) is 5.86. The molecule has 2 N–H and O–H groups in total. The van der Waals surface area contributed by atoms with Gasteiger partial charge in [0, 0.05) is 17.0 Å². The minimum atomic E-state index is -1.14. The van der Waals surface area contributed by atoms with Crippen molar-refractivity contribution in [1.29, 1.82) is 0 Å². The largest absolute Gasteiger partial charge is 0.475 e. The monoisotopic (exact) mass is 261 g/mol. The molecule has 2 aromatic rings. The van der Waals surface area contributed by atoms with Crippen LogP contribution >= 0.6 is 0 Å². The summed E-state index contributed by atoms with van der Waals surface area (Å²) < 4.78 is 4.71. The van der Waals surface area contributed by atoms with Gasteiger partial charge in [-0.15, -0.1) is 0 Å². The van der Waals surface area contributed by atoms with Crippen LogP contribution in [0.3, 0.4) is 0 Å². The van der Waals surface area contributed by atoms with E-state index < -0.39 is 5.97 Å². The van der Waals surface area contributed by atoms with Gasteiger partial charge in [-0.2, -0.15) is 0 Å². The van der Waals surface area contributed by atoms with Gasteiger partial charge in [0.05, 0.1) is 6.61 Å². The number of carboxylic acids is 1. The molecule has 1 aromatic carbocycles. The Labute approximate surface area is 110 Å². The molecule has 0 bridgehead atoms. The second kappa shape index (κ2) is 4.85. The first-order chi connectivity index (χ1) is 8.94. The van der Waals surface area contributed by atoms with Gasteiger partial charge >= 0.3 is 5.97 Å². The maximum Gasteiger partial charge on any atom is 0.374 e. The molecule has 0 aliphatic heterocycles. The van der Waals surface area contributed by atoms with Crippen molar-refractivity contribution in [3.05, 3.63) is 41.7 Å². The van der Waals surface area contributed by atoms with E-state index in [0.29, 0.717) is 5.69 Å². The number of carboxylic acid groups (broad SMARTS) is 1. The fraction of sp³-hybridized carbons (Fsp3) is 0.286. The molecule has 0 aliphatic rings. The Hall–Kier alpha value is -2.14. The van der Waals surface area contributed by atoms with Crippen LogP contribution in [0.5, 0.6) is 0 Å². The average Bonchev–Trinajstić information content (AvgIpc) is 2.88. The van der Waals surface area contributed by atoms with E-state index in [-0.39, 0.29) is 17.8 Å². The summed E-state index contributed by atoms with van der Waals surface area (Å²) in [7, 11) is 0. The first-order valence-corrected chi connectivity index (χ1v) is 5.86. The van der Waals surface area contributed by atoms with Crippen LogP contribution in [0.4, 0.5) is 0 Å². The van der Waals surface area contributed by atoms with Crippen molar-refractivity contribution in [2.45, 2.75) is 19.3 Å². The van der Waals surface area contributed by atoms with Crippen LogP contribution in [0.25, 0.3) is 11.3 Å². The second-order valence-corrected chi connectivity index (χ2v) is 5.00. The van der Waals surface area contributed by atoms with Gasteiger partial charge in [0.15, 0.2) is 0 Å². The van der Waals surface area contributed by atoms with Gasteiger partial charge in [-0.05, 0) is 5.56 Å². The van der Waals surface area contributed by atoms with Gasteiger partial charge in [0.25, 0.3) is 0 Å². The Morgan fingerprint density at radius 2 is 1.95 bits per heavy atom. The summed E-state index contributed by atoms with van der Waals surface area (Å²) in [4.78, 5) is 10.7. The summed E-state index contributed by atoms with van der Waals surface area (Å²) in [5.74, 6) is -1.33. The van der Waals surface area contributed by atoms with Crippen LogP contribution in [-0.4, -0.2) is 27.9 Å². The summed E-state index contributed by atoms with van der Waals surface area (Å²) in [6.07, 6.45) is 0. The van der Waals surface area contributed by atoms with E-state index >= 15 is 0 Å². The van der Waals surface area contributed by atoms with Crippen molar-refractivity contribution in [3.63, 3.8) is 0 Å². The summed E-state index contributed by atoms with van der Waals surface area (Å²) in [6.45, 7) is 3.95. The minimum Gasteiger partial charge on any atom is -0.475 e. The number of aliphatic hydroxyl groups excluding tert-OH is 1. The van der Waals surface area contributed by atoms with Crippen molar-refractivity contribution in [2.24, 2.45) is 0 Å². The van der Waals surface area contributed by atoms with E-state index in [1.54, 1.807) is 0 Å².